The van der Waals surface area contributed by atoms with Gasteiger partial charge in [0.1, 0.15) is 0 Å². The van der Waals surface area contributed by atoms with E-state index in [9.17, 15) is 9.90 Å². The van der Waals surface area contributed by atoms with E-state index < -0.39 is 5.97 Å². The Bertz CT molecular complexity index is 464. The van der Waals surface area contributed by atoms with Crippen LogP contribution in [-0.4, -0.2) is 36.4 Å². The third-order valence-corrected chi connectivity index (χ3v) is 3.34. The Morgan fingerprint density at radius 3 is 2.89 bits per heavy atom. The summed E-state index contributed by atoms with van der Waals surface area (Å²) in [6.07, 6.45) is 0.0959. The molecule has 0 radical (unpaired) electrons. The second kappa shape index (κ2) is 5.16. The van der Waals surface area contributed by atoms with Crippen molar-refractivity contribution >= 4 is 23.3 Å². The quantitative estimate of drug-likeness (QED) is 0.897. The van der Waals surface area contributed by atoms with Crippen molar-refractivity contribution in [3.05, 3.63) is 28.8 Å². The summed E-state index contributed by atoms with van der Waals surface area (Å²) in [7, 11) is 0. The number of morpholine rings is 1. The first-order valence-electron chi connectivity index (χ1n) is 5.90. The number of carboxylic acid groups (broad SMARTS) is 1. The number of hydrogen-bond donors (Lipinski definition) is 1. The number of anilines is 1. The maximum atomic E-state index is 11.3. The van der Waals surface area contributed by atoms with E-state index in [0.29, 0.717) is 23.9 Å². The van der Waals surface area contributed by atoms with Gasteiger partial charge in [0, 0.05) is 17.6 Å². The molecule has 4 nitrogen and oxygen atoms in total. The van der Waals surface area contributed by atoms with E-state index >= 15 is 0 Å². The highest BCUT2D eigenvalue weighted by Crippen LogP contribution is 2.28. The monoisotopic (exact) mass is 269 g/mol. The molecule has 1 fully saturated rings. The highest BCUT2D eigenvalue weighted by molar-refractivity contribution is 6.31. The first kappa shape index (κ1) is 13.2. The maximum Gasteiger partial charge on any atom is 0.337 e. The average molecular weight is 270 g/mol. The molecular formula is C13H16ClNO3. The molecule has 0 aliphatic carbocycles. The molecule has 1 aliphatic rings. The van der Waals surface area contributed by atoms with E-state index in [4.69, 9.17) is 16.3 Å². The molecule has 2 rings (SSSR count). The Labute approximate surface area is 111 Å². The van der Waals surface area contributed by atoms with Gasteiger partial charge in [0.15, 0.2) is 0 Å². The number of hydrogen-bond acceptors (Lipinski definition) is 3. The lowest BCUT2D eigenvalue weighted by Gasteiger charge is -2.39. The van der Waals surface area contributed by atoms with Crippen LogP contribution in [0.5, 0.6) is 0 Å². The highest BCUT2D eigenvalue weighted by atomic mass is 35.5. The zero-order valence-corrected chi connectivity index (χ0v) is 11.1. The summed E-state index contributed by atoms with van der Waals surface area (Å²) in [5, 5.41) is 9.69. The van der Waals surface area contributed by atoms with Crippen molar-refractivity contribution in [1.29, 1.82) is 0 Å². The number of ether oxygens (including phenoxy) is 1. The molecule has 1 N–H and O–H groups in total. The van der Waals surface area contributed by atoms with Crippen molar-refractivity contribution in [2.45, 2.75) is 26.0 Å². The molecule has 2 atom stereocenters. The second-order valence-electron chi connectivity index (χ2n) is 4.61. The summed E-state index contributed by atoms with van der Waals surface area (Å²) < 4.78 is 5.55. The molecule has 1 heterocycles. The first-order valence-corrected chi connectivity index (χ1v) is 6.28. The zero-order chi connectivity index (χ0) is 13.3. The average Bonchev–Trinajstić information content (AvgIpc) is 2.32. The molecule has 0 bridgehead atoms. The van der Waals surface area contributed by atoms with Crippen LogP contribution < -0.4 is 4.90 Å². The Kier molecular flexibility index (Phi) is 3.78. The van der Waals surface area contributed by atoms with Gasteiger partial charge in [0.05, 0.1) is 24.0 Å². The first-order chi connectivity index (χ1) is 8.49. The standard InChI is InChI=1S/C13H16ClNO3/c1-8-7-18-9(2)6-15(8)12-4-3-10(14)5-11(12)13(16)17/h3-5,8-9H,6-7H2,1-2H3,(H,16,17). The summed E-state index contributed by atoms with van der Waals surface area (Å²) in [6.45, 7) is 5.29. The van der Waals surface area contributed by atoms with Crippen molar-refractivity contribution in [2.24, 2.45) is 0 Å². The van der Waals surface area contributed by atoms with Gasteiger partial charge in [-0.2, -0.15) is 0 Å². The summed E-state index contributed by atoms with van der Waals surface area (Å²) in [5.41, 5.74) is 0.943. The molecule has 0 saturated carbocycles. The molecule has 1 aromatic rings. The van der Waals surface area contributed by atoms with Crippen LogP contribution in [0.15, 0.2) is 18.2 Å². The molecule has 0 amide bonds. The normalized spacial score (nSPS) is 24.1. The number of rotatable bonds is 2. The molecule has 0 aromatic heterocycles. The van der Waals surface area contributed by atoms with Gasteiger partial charge in [0.2, 0.25) is 0 Å². The van der Waals surface area contributed by atoms with Gasteiger partial charge in [-0.15, -0.1) is 0 Å². The molecule has 5 heteroatoms. The molecule has 0 spiro atoms. The van der Waals surface area contributed by atoms with Gasteiger partial charge in [-0.05, 0) is 32.0 Å². The van der Waals surface area contributed by atoms with E-state index in [1.54, 1.807) is 12.1 Å². The fraction of sp³-hybridized carbons (Fsp3) is 0.462. The lowest BCUT2D eigenvalue weighted by atomic mass is 10.1. The number of nitrogens with zero attached hydrogens (tertiary/aromatic N) is 1. The van der Waals surface area contributed by atoms with Gasteiger partial charge in [-0.3, -0.25) is 0 Å². The fourth-order valence-corrected chi connectivity index (χ4v) is 2.34. The van der Waals surface area contributed by atoms with Crippen LogP contribution in [0.3, 0.4) is 0 Å². The minimum absolute atomic E-state index is 0.0959. The molecule has 2 unspecified atom stereocenters. The fourth-order valence-electron chi connectivity index (χ4n) is 2.17. The van der Waals surface area contributed by atoms with Crippen LogP contribution in [0.4, 0.5) is 5.69 Å². The van der Waals surface area contributed by atoms with Gasteiger partial charge in [0.25, 0.3) is 0 Å². The third-order valence-electron chi connectivity index (χ3n) is 3.11. The van der Waals surface area contributed by atoms with Crippen LogP contribution in [-0.2, 0) is 4.74 Å². The van der Waals surface area contributed by atoms with Crippen molar-refractivity contribution < 1.29 is 14.6 Å². The van der Waals surface area contributed by atoms with Crippen molar-refractivity contribution in [3.8, 4) is 0 Å². The van der Waals surface area contributed by atoms with Crippen LogP contribution >= 0.6 is 11.6 Å². The summed E-state index contributed by atoms with van der Waals surface area (Å²) in [5.74, 6) is -0.959. The summed E-state index contributed by atoms with van der Waals surface area (Å²) in [4.78, 5) is 13.4. The van der Waals surface area contributed by atoms with E-state index in [1.807, 2.05) is 13.8 Å². The van der Waals surface area contributed by atoms with Crippen LogP contribution in [0.1, 0.15) is 24.2 Å². The van der Waals surface area contributed by atoms with Gasteiger partial charge in [-0.25, -0.2) is 4.79 Å². The van der Waals surface area contributed by atoms with E-state index in [2.05, 4.69) is 4.90 Å². The second-order valence-corrected chi connectivity index (χ2v) is 5.05. The smallest absolute Gasteiger partial charge is 0.337 e. The molecule has 1 aromatic carbocycles. The van der Waals surface area contributed by atoms with E-state index in [1.165, 1.54) is 6.07 Å². The minimum atomic E-state index is -0.959. The van der Waals surface area contributed by atoms with Crippen LogP contribution in [0.2, 0.25) is 5.02 Å². The van der Waals surface area contributed by atoms with E-state index in [0.717, 1.165) is 0 Å². The SMILES string of the molecule is CC1CN(c2ccc(Cl)cc2C(=O)O)C(C)CO1. The minimum Gasteiger partial charge on any atom is -0.478 e. The van der Waals surface area contributed by atoms with Gasteiger partial charge >= 0.3 is 5.97 Å². The molecule has 1 saturated heterocycles. The number of benzene rings is 1. The number of halogens is 1. The maximum absolute atomic E-state index is 11.3. The Morgan fingerprint density at radius 1 is 1.50 bits per heavy atom. The topological polar surface area (TPSA) is 49.8 Å². The van der Waals surface area contributed by atoms with Gasteiger partial charge < -0.3 is 14.7 Å². The third kappa shape index (κ3) is 2.60. The molecule has 18 heavy (non-hydrogen) atoms. The Hall–Kier alpha value is -1.26. The Balaban J connectivity index is 2.40. The number of aromatic carboxylic acids is 1. The van der Waals surface area contributed by atoms with Crippen molar-refractivity contribution in [2.75, 3.05) is 18.1 Å². The predicted octanol–water partition coefficient (Wildman–Crippen LogP) is 2.65. The molecular weight excluding hydrogens is 254 g/mol. The van der Waals surface area contributed by atoms with E-state index in [-0.39, 0.29) is 17.7 Å². The van der Waals surface area contributed by atoms with Crippen molar-refractivity contribution in [3.63, 3.8) is 0 Å². The number of carbonyl (C=O) groups is 1. The lowest BCUT2D eigenvalue weighted by molar-refractivity contribution is 0.0341. The largest absolute Gasteiger partial charge is 0.478 e. The Morgan fingerprint density at radius 2 is 2.22 bits per heavy atom. The predicted molar refractivity (Wildman–Crippen MR) is 70.6 cm³/mol. The van der Waals surface area contributed by atoms with Gasteiger partial charge in [-0.1, -0.05) is 11.6 Å². The summed E-state index contributed by atoms with van der Waals surface area (Å²) >= 11 is 5.86. The number of carboxylic acids is 1. The van der Waals surface area contributed by atoms with Crippen LogP contribution in [0.25, 0.3) is 0 Å². The molecule has 1 aliphatic heterocycles. The summed E-state index contributed by atoms with van der Waals surface area (Å²) in [6, 6.07) is 5.13. The van der Waals surface area contributed by atoms with Crippen LogP contribution in [0, 0.1) is 0 Å². The lowest BCUT2D eigenvalue weighted by Crippen LogP contribution is -2.48. The van der Waals surface area contributed by atoms with Crippen molar-refractivity contribution in [1.82, 2.24) is 0 Å². The zero-order valence-electron chi connectivity index (χ0n) is 10.4. The molecule has 98 valence electrons. The highest BCUT2D eigenvalue weighted by Gasteiger charge is 2.26.